The van der Waals surface area contributed by atoms with Gasteiger partial charge in [0.2, 0.25) is 0 Å². The van der Waals surface area contributed by atoms with Crippen molar-refractivity contribution in [1.82, 2.24) is 5.32 Å². The molecule has 1 aliphatic carbocycles. The fourth-order valence-corrected chi connectivity index (χ4v) is 2.52. The summed E-state index contributed by atoms with van der Waals surface area (Å²) in [6.07, 6.45) is -2.80. The maximum atomic E-state index is 12.7. The Hall–Kier alpha value is -1.50. The van der Waals surface area contributed by atoms with Crippen molar-refractivity contribution in [2.24, 2.45) is 5.92 Å². The Morgan fingerprint density at radius 1 is 1.55 bits per heavy atom. The van der Waals surface area contributed by atoms with Crippen LogP contribution in [0.15, 0.2) is 22.8 Å². The molecule has 0 aromatic carbocycles. The van der Waals surface area contributed by atoms with Crippen molar-refractivity contribution in [3.8, 4) is 0 Å². The van der Waals surface area contributed by atoms with Crippen LogP contribution in [0.1, 0.15) is 36.2 Å². The monoisotopic (exact) mass is 291 g/mol. The number of hydrogen-bond donors (Lipinski definition) is 2. The molecule has 1 aliphatic rings. The van der Waals surface area contributed by atoms with Gasteiger partial charge in [-0.05, 0) is 37.8 Å². The van der Waals surface area contributed by atoms with Crippen LogP contribution in [0.4, 0.5) is 13.2 Å². The SMILES string of the molecule is O=C(NCC1(O)CCCC(C(F)(F)F)C1)c1ccco1. The largest absolute Gasteiger partial charge is 0.459 e. The first-order valence-corrected chi connectivity index (χ1v) is 6.41. The number of aliphatic hydroxyl groups is 1. The molecule has 1 fully saturated rings. The molecule has 0 spiro atoms. The van der Waals surface area contributed by atoms with Gasteiger partial charge in [-0.1, -0.05) is 0 Å². The standard InChI is InChI=1S/C13H16F3NO3/c14-13(15,16)9-3-1-5-12(19,7-9)8-17-11(18)10-4-2-6-20-10/h2,4,6,9,19H,1,3,5,7-8H2,(H,17,18). The van der Waals surface area contributed by atoms with Crippen molar-refractivity contribution in [2.45, 2.75) is 37.5 Å². The zero-order chi connectivity index (χ0) is 14.8. The highest BCUT2D eigenvalue weighted by molar-refractivity contribution is 5.91. The third kappa shape index (κ3) is 3.53. The van der Waals surface area contributed by atoms with Crippen LogP contribution < -0.4 is 5.32 Å². The number of carbonyl (C=O) groups is 1. The van der Waals surface area contributed by atoms with Crippen molar-refractivity contribution < 1.29 is 27.5 Å². The van der Waals surface area contributed by atoms with E-state index in [0.29, 0.717) is 0 Å². The minimum atomic E-state index is -4.31. The smallest absolute Gasteiger partial charge is 0.391 e. The molecule has 7 heteroatoms. The zero-order valence-electron chi connectivity index (χ0n) is 10.7. The molecule has 4 nitrogen and oxygen atoms in total. The summed E-state index contributed by atoms with van der Waals surface area (Å²) in [5.74, 6) is -1.99. The molecule has 112 valence electrons. The third-order valence-corrected chi connectivity index (χ3v) is 3.61. The predicted molar refractivity (Wildman–Crippen MR) is 64.0 cm³/mol. The zero-order valence-corrected chi connectivity index (χ0v) is 10.7. The molecular weight excluding hydrogens is 275 g/mol. The van der Waals surface area contributed by atoms with Gasteiger partial charge < -0.3 is 14.8 Å². The van der Waals surface area contributed by atoms with E-state index in [0.717, 1.165) is 0 Å². The Labute approximate surface area is 114 Å². The van der Waals surface area contributed by atoms with Crippen LogP contribution in [0.2, 0.25) is 0 Å². The lowest BCUT2D eigenvalue weighted by Gasteiger charge is -2.37. The average molecular weight is 291 g/mol. The van der Waals surface area contributed by atoms with Crippen molar-refractivity contribution in [3.05, 3.63) is 24.2 Å². The Morgan fingerprint density at radius 2 is 2.30 bits per heavy atom. The highest BCUT2D eigenvalue weighted by Gasteiger charge is 2.47. The average Bonchev–Trinajstić information content (AvgIpc) is 2.89. The van der Waals surface area contributed by atoms with Gasteiger partial charge in [-0.15, -0.1) is 0 Å². The van der Waals surface area contributed by atoms with Crippen LogP contribution >= 0.6 is 0 Å². The Balaban J connectivity index is 1.92. The van der Waals surface area contributed by atoms with Gasteiger partial charge in [0.1, 0.15) is 0 Å². The van der Waals surface area contributed by atoms with Gasteiger partial charge in [0, 0.05) is 6.54 Å². The molecule has 2 rings (SSSR count). The summed E-state index contributed by atoms with van der Waals surface area (Å²) in [4.78, 5) is 11.6. The molecule has 20 heavy (non-hydrogen) atoms. The number of halogens is 3. The molecular formula is C13H16F3NO3. The summed E-state index contributed by atoms with van der Waals surface area (Å²) in [5, 5.41) is 12.6. The second-order valence-electron chi connectivity index (χ2n) is 5.22. The van der Waals surface area contributed by atoms with Crippen LogP contribution in [0.25, 0.3) is 0 Å². The highest BCUT2D eigenvalue weighted by atomic mass is 19.4. The van der Waals surface area contributed by atoms with E-state index in [4.69, 9.17) is 4.42 Å². The number of furan rings is 1. The van der Waals surface area contributed by atoms with E-state index < -0.39 is 23.6 Å². The van der Waals surface area contributed by atoms with Crippen molar-refractivity contribution in [2.75, 3.05) is 6.54 Å². The molecule has 1 heterocycles. The summed E-state index contributed by atoms with van der Waals surface area (Å²) in [6, 6.07) is 2.97. The molecule has 1 aromatic heterocycles. The summed E-state index contributed by atoms with van der Waals surface area (Å²) in [6.45, 7) is -0.209. The first kappa shape index (κ1) is 14.9. The van der Waals surface area contributed by atoms with Gasteiger partial charge in [-0.3, -0.25) is 4.79 Å². The molecule has 0 bridgehead atoms. The van der Waals surface area contributed by atoms with Crippen LogP contribution in [-0.4, -0.2) is 29.3 Å². The van der Waals surface area contributed by atoms with E-state index in [1.54, 1.807) is 0 Å². The van der Waals surface area contributed by atoms with E-state index in [2.05, 4.69) is 5.32 Å². The van der Waals surface area contributed by atoms with Gasteiger partial charge in [0.15, 0.2) is 5.76 Å². The Bertz CT molecular complexity index is 458. The second kappa shape index (κ2) is 5.47. The first-order chi connectivity index (χ1) is 9.30. The molecule has 2 N–H and O–H groups in total. The summed E-state index contributed by atoms with van der Waals surface area (Å²) in [5.41, 5.74) is -1.51. The fourth-order valence-electron chi connectivity index (χ4n) is 2.52. The minimum absolute atomic E-state index is 0.0257. The molecule has 2 atom stereocenters. The molecule has 0 radical (unpaired) electrons. The second-order valence-corrected chi connectivity index (χ2v) is 5.22. The van der Waals surface area contributed by atoms with E-state index in [1.165, 1.54) is 18.4 Å². The lowest BCUT2D eigenvalue weighted by Crippen LogP contribution is -2.48. The molecule has 2 unspecified atom stereocenters. The molecule has 1 saturated carbocycles. The lowest BCUT2D eigenvalue weighted by molar-refractivity contribution is -0.199. The van der Waals surface area contributed by atoms with Crippen LogP contribution in [-0.2, 0) is 0 Å². The predicted octanol–water partition coefficient (Wildman–Crippen LogP) is 2.49. The lowest BCUT2D eigenvalue weighted by atomic mass is 9.77. The summed E-state index contributed by atoms with van der Waals surface area (Å²) in [7, 11) is 0. The number of carbonyl (C=O) groups excluding carboxylic acids is 1. The Morgan fingerprint density at radius 3 is 2.90 bits per heavy atom. The number of amides is 1. The number of alkyl halides is 3. The summed E-state index contributed by atoms with van der Waals surface area (Å²) >= 11 is 0. The fraction of sp³-hybridized carbons (Fsp3) is 0.615. The maximum absolute atomic E-state index is 12.7. The van der Waals surface area contributed by atoms with Crippen LogP contribution in [0.5, 0.6) is 0 Å². The highest BCUT2D eigenvalue weighted by Crippen LogP contribution is 2.41. The third-order valence-electron chi connectivity index (χ3n) is 3.61. The van der Waals surface area contributed by atoms with Crippen LogP contribution in [0.3, 0.4) is 0 Å². The van der Waals surface area contributed by atoms with Crippen LogP contribution in [0, 0.1) is 5.92 Å². The Kier molecular flexibility index (Phi) is 4.08. The normalized spacial score (nSPS) is 27.3. The molecule has 0 saturated heterocycles. The van der Waals surface area contributed by atoms with Gasteiger partial charge in [0.25, 0.3) is 5.91 Å². The van der Waals surface area contributed by atoms with Gasteiger partial charge >= 0.3 is 6.18 Å². The van der Waals surface area contributed by atoms with Crippen molar-refractivity contribution in [1.29, 1.82) is 0 Å². The number of rotatable bonds is 3. The van der Waals surface area contributed by atoms with Crippen molar-refractivity contribution in [3.63, 3.8) is 0 Å². The van der Waals surface area contributed by atoms with E-state index in [-0.39, 0.29) is 38.0 Å². The summed E-state index contributed by atoms with van der Waals surface area (Å²) < 4.78 is 42.9. The van der Waals surface area contributed by atoms with Gasteiger partial charge in [-0.25, -0.2) is 0 Å². The topological polar surface area (TPSA) is 62.5 Å². The van der Waals surface area contributed by atoms with E-state index in [1.807, 2.05) is 0 Å². The maximum Gasteiger partial charge on any atom is 0.391 e. The van der Waals surface area contributed by atoms with E-state index >= 15 is 0 Å². The minimum Gasteiger partial charge on any atom is -0.459 e. The molecule has 1 amide bonds. The van der Waals surface area contributed by atoms with E-state index in [9.17, 15) is 23.1 Å². The molecule has 1 aromatic rings. The van der Waals surface area contributed by atoms with Crippen molar-refractivity contribution >= 4 is 5.91 Å². The molecule has 0 aliphatic heterocycles. The quantitative estimate of drug-likeness (QED) is 0.899. The first-order valence-electron chi connectivity index (χ1n) is 6.41. The number of nitrogens with one attached hydrogen (secondary N) is 1. The van der Waals surface area contributed by atoms with Gasteiger partial charge in [-0.2, -0.15) is 13.2 Å². The van der Waals surface area contributed by atoms with Gasteiger partial charge in [0.05, 0.1) is 17.8 Å². The number of hydrogen-bond acceptors (Lipinski definition) is 3.